The fraction of sp³-hybridized carbons (Fsp3) is 0.0833. The van der Waals surface area contributed by atoms with E-state index >= 15 is 0 Å². The van der Waals surface area contributed by atoms with Crippen LogP contribution in [0.1, 0.15) is 21.7 Å². The van der Waals surface area contributed by atoms with Crippen LogP contribution in [0.3, 0.4) is 0 Å². The van der Waals surface area contributed by atoms with Crippen molar-refractivity contribution in [3.05, 3.63) is 81.4 Å². The van der Waals surface area contributed by atoms with Gasteiger partial charge in [-0.2, -0.15) is 0 Å². The lowest BCUT2D eigenvalue weighted by atomic mass is 10.0. The van der Waals surface area contributed by atoms with E-state index in [-0.39, 0.29) is 10.5 Å². The minimum atomic E-state index is -1.04. The Balaban J connectivity index is 1.49. The fourth-order valence-electron chi connectivity index (χ4n) is 3.37. The number of hydrogen-bond donors (Lipinski definition) is 2. The number of carboxylic acids is 1. The van der Waals surface area contributed by atoms with Gasteiger partial charge in [-0.25, -0.2) is 4.79 Å². The van der Waals surface area contributed by atoms with Crippen LogP contribution in [0.5, 0.6) is 0 Å². The molecule has 1 aliphatic rings. The van der Waals surface area contributed by atoms with Crippen molar-refractivity contribution in [3.8, 4) is 11.3 Å². The molecule has 2 N–H and O–H groups in total. The molecule has 3 aromatic rings. The summed E-state index contributed by atoms with van der Waals surface area (Å²) in [4.78, 5) is 49.7. The predicted octanol–water partition coefficient (Wildman–Crippen LogP) is 5.28. The van der Waals surface area contributed by atoms with Crippen molar-refractivity contribution in [2.75, 3.05) is 11.9 Å². The number of carbonyl (C=O) groups is 4. The van der Waals surface area contributed by atoms with Crippen molar-refractivity contribution in [1.82, 2.24) is 4.90 Å². The van der Waals surface area contributed by atoms with Gasteiger partial charge >= 0.3 is 5.97 Å². The van der Waals surface area contributed by atoms with Crippen LogP contribution < -0.4 is 5.32 Å². The summed E-state index contributed by atoms with van der Waals surface area (Å²) in [7, 11) is 0. The van der Waals surface area contributed by atoms with E-state index in [1.165, 1.54) is 12.1 Å². The molecule has 2 aromatic carbocycles. The van der Waals surface area contributed by atoms with E-state index in [9.17, 15) is 24.3 Å². The van der Waals surface area contributed by atoms with Crippen LogP contribution in [-0.4, -0.2) is 39.6 Å². The predicted molar refractivity (Wildman–Crippen MR) is 129 cm³/mol. The van der Waals surface area contributed by atoms with Crippen molar-refractivity contribution >= 4 is 58.1 Å². The van der Waals surface area contributed by atoms with Crippen LogP contribution in [0.25, 0.3) is 17.4 Å². The molecule has 4 rings (SSSR count). The molecule has 0 aliphatic carbocycles. The van der Waals surface area contributed by atoms with Crippen LogP contribution >= 0.6 is 23.4 Å². The number of nitrogens with one attached hydrogen (secondary N) is 1. The molecule has 2 heterocycles. The number of anilines is 1. The average molecular weight is 497 g/mol. The standard InChI is InChI=1S/C24H17ClN2O6S/c1-13-15(5-4-6-16(13)23(30)31)19-10-9-14(33-19)11-20-22(29)27(24(32)34-20)12-21(28)26-18-8-3-2-7-17(18)25/h2-11H,12H2,1H3,(H,26,28)(H,30,31)/b20-11+. The third kappa shape index (κ3) is 4.75. The molecule has 8 nitrogen and oxygen atoms in total. The maximum Gasteiger partial charge on any atom is 0.335 e. The molecule has 3 amide bonds. The number of thioether (sulfide) groups is 1. The molecule has 0 unspecified atom stereocenters. The number of carboxylic acid groups (broad SMARTS) is 1. The molecule has 0 atom stereocenters. The number of hydrogen-bond acceptors (Lipinski definition) is 6. The number of para-hydroxylation sites is 1. The topological polar surface area (TPSA) is 117 Å². The Bertz CT molecular complexity index is 1360. The molecule has 34 heavy (non-hydrogen) atoms. The Hall–Kier alpha value is -3.82. The van der Waals surface area contributed by atoms with Gasteiger partial charge in [-0.3, -0.25) is 19.3 Å². The van der Waals surface area contributed by atoms with Crippen molar-refractivity contribution in [1.29, 1.82) is 0 Å². The van der Waals surface area contributed by atoms with Crippen LogP contribution in [0.4, 0.5) is 10.5 Å². The largest absolute Gasteiger partial charge is 0.478 e. The van der Waals surface area contributed by atoms with Crippen LogP contribution in [0.15, 0.2) is 63.9 Å². The number of furan rings is 1. The van der Waals surface area contributed by atoms with Crippen molar-refractivity contribution < 1.29 is 28.7 Å². The number of nitrogens with zero attached hydrogens (tertiary/aromatic N) is 1. The van der Waals surface area contributed by atoms with E-state index in [4.69, 9.17) is 16.0 Å². The molecule has 1 aliphatic heterocycles. The van der Waals surface area contributed by atoms with E-state index in [1.54, 1.807) is 55.5 Å². The van der Waals surface area contributed by atoms with Crippen LogP contribution in [0.2, 0.25) is 5.02 Å². The van der Waals surface area contributed by atoms with E-state index < -0.39 is 29.6 Å². The van der Waals surface area contributed by atoms with Crippen molar-refractivity contribution in [2.45, 2.75) is 6.92 Å². The highest BCUT2D eigenvalue weighted by molar-refractivity contribution is 8.18. The van der Waals surface area contributed by atoms with Gasteiger partial charge in [0.1, 0.15) is 18.1 Å². The Morgan fingerprint density at radius 2 is 1.88 bits per heavy atom. The quantitative estimate of drug-likeness (QED) is 0.446. The maximum absolute atomic E-state index is 12.7. The average Bonchev–Trinajstić information content (AvgIpc) is 3.35. The summed E-state index contributed by atoms with van der Waals surface area (Å²) in [6.07, 6.45) is 1.41. The highest BCUT2D eigenvalue weighted by atomic mass is 35.5. The van der Waals surface area contributed by atoms with Gasteiger partial charge in [-0.1, -0.05) is 35.9 Å². The Labute approximate surface area is 203 Å². The summed E-state index contributed by atoms with van der Waals surface area (Å²) in [6, 6.07) is 14.7. The lowest BCUT2D eigenvalue weighted by Crippen LogP contribution is -2.36. The molecule has 10 heteroatoms. The molecule has 1 saturated heterocycles. The molecule has 0 saturated carbocycles. The molecular formula is C24H17ClN2O6S. The number of amides is 3. The highest BCUT2D eigenvalue weighted by Gasteiger charge is 2.36. The summed E-state index contributed by atoms with van der Waals surface area (Å²) in [6.45, 7) is 1.22. The van der Waals surface area contributed by atoms with Gasteiger partial charge in [0.25, 0.3) is 11.1 Å². The second-order valence-corrected chi connectivity index (χ2v) is 8.68. The van der Waals surface area contributed by atoms with Gasteiger partial charge in [0, 0.05) is 11.6 Å². The van der Waals surface area contributed by atoms with Crippen LogP contribution in [-0.2, 0) is 9.59 Å². The zero-order valence-electron chi connectivity index (χ0n) is 17.7. The monoisotopic (exact) mass is 496 g/mol. The minimum Gasteiger partial charge on any atom is -0.478 e. The summed E-state index contributed by atoms with van der Waals surface area (Å²) in [5, 5.41) is 11.6. The molecule has 0 spiro atoms. The van der Waals surface area contributed by atoms with E-state index in [0.717, 1.165) is 4.90 Å². The number of benzene rings is 2. The van der Waals surface area contributed by atoms with Crippen molar-refractivity contribution in [3.63, 3.8) is 0 Å². The van der Waals surface area contributed by atoms with Crippen molar-refractivity contribution in [2.24, 2.45) is 0 Å². The van der Waals surface area contributed by atoms with Gasteiger partial charge in [0.05, 0.1) is 21.2 Å². The molecule has 1 aromatic heterocycles. The van der Waals surface area contributed by atoms with Gasteiger partial charge in [-0.05, 0) is 54.6 Å². The first kappa shape index (κ1) is 23.3. The van der Waals surface area contributed by atoms with Gasteiger partial charge in [-0.15, -0.1) is 0 Å². The third-order valence-electron chi connectivity index (χ3n) is 5.05. The second-order valence-electron chi connectivity index (χ2n) is 7.28. The second kappa shape index (κ2) is 9.58. The fourth-order valence-corrected chi connectivity index (χ4v) is 4.37. The normalized spacial score (nSPS) is 14.6. The number of rotatable bonds is 6. The minimum absolute atomic E-state index is 0.104. The Morgan fingerprint density at radius 1 is 1.12 bits per heavy atom. The van der Waals surface area contributed by atoms with Crippen LogP contribution in [0, 0.1) is 6.92 Å². The molecular weight excluding hydrogens is 480 g/mol. The first-order chi connectivity index (χ1) is 16.2. The van der Waals surface area contributed by atoms with Gasteiger partial charge in [0.15, 0.2) is 0 Å². The van der Waals surface area contributed by atoms with E-state index in [0.29, 0.717) is 45.1 Å². The van der Waals surface area contributed by atoms with Gasteiger partial charge < -0.3 is 14.8 Å². The summed E-state index contributed by atoms with van der Waals surface area (Å²) in [5.74, 6) is -1.50. The Morgan fingerprint density at radius 3 is 2.62 bits per heavy atom. The lowest BCUT2D eigenvalue weighted by Gasteiger charge is -2.13. The van der Waals surface area contributed by atoms with E-state index in [2.05, 4.69) is 5.32 Å². The zero-order valence-corrected chi connectivity index (χ0v) is 19.3. The molecule has 0 bridgehead atoms. The number of halogens is 1. The maximum atomic E-state index is 12.7. The summed E-state index contributed by atoms with van der Waals surface area (Å²) < 4.78 is 5.78. The number of carbonyl (C=O) groups excluding carboxylic acids is 3. The number of imide groups is 1. The van der Waals surface area contributed by atoms with Gasteiger partial charge in [0.2, 0.25) is 5.91 Å². The summed E-state index contributed by atoms with van der Waals surface area (Å²) in [5.41, 5.74) is 1.68. The van der Waals surface area contributed by atoms with E-state index in [1.807, 2.05) is 0 Å². The third-order valence-corrected chi connectivity index (χ3v) is 6.29. The Kier molecular flexibility index (Phi) is 6.58. The highest BCUT2D eigenvalue weighted by Crippen LogP contribution is 2.34. The first-order valence-electron chi connectivity index (χ1n) is 9.97. The lowest BCUT2D eigenvalue weighted by molar-refractivity contribution is -0.127. The molecule has 172 valence electrons. The SMILES string of the molecule is Cc1c(C(=O)O)cccc1-c1ccc(/C=C2/SC(=O)N(CC(=O)Nc3ccccc3Cl)C2=O)o1. The molecule has 0 radical (unpaired) electrons. The first-order valence-corrected chi connectivity index (χ1v) is 11.2. The smallest absolute Gasteiger partial charge is 0.335 e. The zero-order chi connectivity index (χ0) is 24.4. The molecule has 1 fully saturated rings. The number of aromatic carboxylic acids is 1. The summed E-state index contributed by atoms with van der Waals surface area (Å²) >= 11 is 6.72.